The van der Waals surface area contributed by atoms with Gasteiger partial charge in [-0.15, -0.1) is 0 Å². The zero-order valence-electron chi connectivity index (χ0n) is 13.6. The van der Waals surface area contributed by atoms with Gasteiger partial charge in [-0.05, 0) is 36.8 Å². The smallest absolute Gasteiger partial charge is 0.266 e. The van der Waals surface area contributed by atoms with Gasteiger partial charge in [-0.1, -0.05) is 65.9 Å². The van der Waals surface area contributed by atoms with Crippen molar-refractivity contribution in [3.05, 3.63) is 69.6 Å². The monoisotopic (exact) mass is 389 g/mol. The molecule has 0 atom stereocenters. The summed E-state index contributed by atoms with van der Waals surface area (Å²) in [6.45, 7) is 2.92. The van der Waals surface area contributed by atoms with Gasteiger partial charge >= 0.3 is 0 Å². The van der Waals surface area contributed by atoms with Crippen molar-refractivity contribution in [2.45, 2.75) is 13.5 Å². The van der Waals surface area contributed by atoms with Crippen molar-refractivity contribution >= 4 is 51.9 Å². The molecular weight excluding hydrogens is 374 g/mol. The van der Waals surface area contributed by atoms with E-state index in [4.69, 9.17) is 28.6 Å². The Morgan fingerprint density at radius 2 is 2.00 bits per heavy atom. The Bertz CT molecular complexity index is 837. The van der Waals surface area contributed by atoms with Crippen LogP contribution in [0.3, 0.4) is 0 Å². The van der Waals surface area contributed by atoms with Crippen LogP contribution in [0.1, 0.15) is 18.1 Å². The van der Waals surface area contributed by atoms with Gasteiger partial charge in [-0.25, -0.2) is 0 Å². The van der Waals surface area contributed by atoms with Gasteiger partial charge in [0.05, 0.1) is 18.1 Å². The Labute approximate surface area is 161 Å². The molecule has 0 N–H and O–H groups in total. The predicted molar refractivity (Wildman–Crippen MR) is 108 cm³/mol. The van der Waals surface area contributed by atoms with Crippen molar-refractivity contribution in [3.63, 3.8) is 0 Å². The summed E-state index contributed by atoms with van der Waals surface area (Å²) in [7, 11) is 0. The topological polar surface area (TPSA) is 29.5 Å². The molecule has 0 aromatic heterocycles. The van der Waals surface area contributed by atoms with Gasteiger partial charge in [0.2, 0.25) is 0 Å². The first-order valence-electron chi connectivity index (χ1n) is 7.80. The fourth-order valence-electron chi connectivity index (χ4n) is 2.46. The minimum Gasteiger partial charge on any atom is -0.493 e. The van der Waals surface area contributed by atoms with Crippen LogP contribution in [0.2, 0.25) is 5.02 Å². The second-order valence-corrected chi connectivity index (χ2v) is 7.48. The first kappa shape index (κ1) is 18.0. The summed E-state index contributed by atoms with van der Waals surface area (Å²) in [6, 6.07) is 15.2. The van der Waals surface area contributed by atoms with Crippen LogP contribution < -0.4 is 4.74 Å². The highest BCUT2D eigenvalue weighted by Crippen LogP contribution is 2.35. The molecule has 0 aliphatic carbocycles. The van der Waals surface area contributed by atoms with Crippen molar-refractivity contribution in [2.24, 2.45) is 0 Å². The molecule has 0 bridgehead atoms. The fraction of sp³-hybridized carbons (Fsp3) is 0.158. The summed E-state index contributed by atoms with van der Waals surface area (Å²) in [6.07, 6.45) is 1.79. The van der Waals surface area contributed by atoms with E-state index in [0.717, 1.165) is 11.1 Å². The average Bonchev–Trinajstić information content (AvgIpc) is 2.86. The Morgan fingerprint density at radius 3 is 2.72 bits per heavy atom. The van der Waals surface area contributed by atoms with Gasteiger partial charge in [0.1, 0.15) is 10.1 Å². The van der Waals surface area contributed by atoms with E-state index in [1.54, 1.807) is 23.1 Å². The van der Waals surface area contributed by atoms with Gasteiger partial charge in [0, 0.05) is 10.6 Å². The number of carbonyl (C=O) groups is 1. The number of benzene rings is 2. The summed E-state index contributed by atoms with van der Waals surface area (Å²) < 4.78 is 6.17. The lowest BCUT2D eigenvalue weighted by Gasteiger charge is -2.14. The molecule has 0 saturated carbocycles. The standard InChI is InChI=1S/C19H16ClNO2S2/c1-2-23-16-9-8-15(20)10-14(16)11-17-18(22)21(19(24)25-17)12-13-6-4-3-5-7-13/h3-11H,2,12H2,1H3/b17-11-. The first-order chi connectivity index (χ1) is 12.1. The number of thiocarbonyl (C=S) groups is 1. The van der Waals surface area contributed by atoms with E-state index >= 15 is 0 Å². The number of thioether (sulfide) groups is 1. The molecule has 0 unspecified atom stereocenters. The fourth-order valence-corrected chi connectivity index (χ4v) is 3.89. The summed E-state index contributed by atoms with van der Waals surface area (Å²) in [5.41, 5.74) is 1.81. The SMILES string of the molecule is CCOc1ccc(Cl)cc1/C=C1\SC(=S)N(Cc2ccccc2)C1=O. The highest BCUT2D eigenvalue weighted by Gasteiger charge is 2.32. The van der Waals surface area contributed by atoms with Crippen molar-refractivity contribution in [3.8, 4) is 5.75 Å². The molecule has 0 spiro atoms. The summed E-state index contributed by atoms with van der Waals surface area (Å²) in [4.78, 5) is 14.9. The van der Waals surface area contributed by atoms with Crippen LogP contribution in [-0.2, 0) is 11.3 Å². The lowest BCUT2D eigenvalue weighted by atomic mass is 10.1. The number of nitrogens with zero attached hydrogens (tertiary/aromatic N) is 1. The summed E-state index contributed by atoms with van der Waals surface area (Å²) in [5.74, 6) is 0.599. The highest BCUT2D eigenvalue weighted by molar-refractivity contribution is 8.26. The van der Waals surface area contributed by atoms with E-state index in [0.29, 0.717) is 33.1 Å². The van der Waals surface area contributed by atoms with Crippen molar-refractivity contribution in [1.82, 2.24) is 4.90 Å². The number of amides is 1. The number of hydrogen-bond acceptors (Lipinski definition) is 4. The van der Waals surface area contributed by atoms with E-state index in [-0.39, 0.29) is 5.91 Å². The Hall–Kier alpha value is -1.82. The molecule has 128 valence electrons. The third-order valence-corrected chi connectivity index (χ3v) is 5.23. The van der Waals surface area contributed by atoms with E-state index in [9.17, 15) is 4.79 Å². The molecule has 1 fully saturated rings. The number of carbonyl (C=O) groups excluding carboxylic acids is 1. The third kappa shape index (κ3) is 4.24. The normalized spacial score (nSPS) is 15.9. The van der Waals surface area contributed by atoms with Crippen LogP contribution in [0.5, 0.6) is 5.75 Å². The number of hydrogen-bond donors (Lipinski definition) is 0. The van der Waals surface area contributed by atoms with Crippen molar-refractivity contribution < 1.29 is 9.53 Å². The van der Waals surface area contributed by atoms with Gasteiger partial charge in [0.15, 0.2) is 0 Å². The minimum atomic E-state index is -0.0960. The Kier molecular flexibility index (Phi) is 5.78. The maximum absolute atomic E-state index is 12.8. The Morgan fingerprint density at radius 1 is 1.24 bits per heavy atom. The number of rotatable bonds is 5. The van der Waals surface area contributed by atoms with Crippen LogP contribution in [0.25, 0.3) is 6.08 Å². The lowest BCUT2D eigenvalue weighted by molar-refractivity contribution is -0.122. The van der Waals surface area contributed by atoms with Gasteiger partial charge in [-0.3, -0.25) is 9.69 Å². The highest BCUT2D eigenvalue weighted by atomic mass is 35.5. The molecule has 1 amide bonds. The molecule has 1 heterocycles. The quantitative estimate of drug-likeness (QED) is 0.523. The lowest BCUT2D eigenvalue weighted by Crippen LogP contribution is -2.27. The molecule has 3 nitrogen and oxygen atoms in total. The van der Waals surface area contributed by atoms with Gasteiger partial charge in [0.25, 0.3) is 5.91 Å². The van der Waals surface area contributed by atoms with E-state index < -0.39 is 0 Å². The van der Waals surface area contributed by atoms with Gasteiger partial charge in [-0.2, -0.15) is 0 Å². The minimum absolute atomic E-state index is 0.0960. The van der Waals surface area contributed by atoms with Crippen molar-refractivity contribution in [2.75, 3.05) is 6.61 Å². The summed E-state index contributed by atoms with van der Waals surface area (Å²) in [5, 5.41) is 0.592. The van der Waals surface area contributed by atoms with Crippen LogP contribution >= 0.6 is 35.6 Å². The molecule has 2 aromatic carbocycles. The second-order valence-electron chi connectivity index (χ2n) is 5.37. The van der Waals surface area contributed by atoms with Crippen LogP contribution in [0.15, 0.2) is 53.4 Å². The molecule has 1 aliphatic heterocycles. The zero-order chi connectivity index (χ0) is 17.8. The maximum Gasteiger partial charge on any atom is 0.266 e. The van der Waals surface area contributed by atoms with Crippen LogP contribution in [0, 0.1) is 0 Å². The van der Waals surface area contributed by atoms with E-state index in [1.165, 1.54) is 11.8 Å². The van der Waals surface area contributed by atoms with Gasteiger partial charge < -0.3 is 4.74 Å². The number of halogens is 1. The Balaban J connectivity index is 1.87. The molecule has 0 radical (unpaired) electrons. The predicted octanol–water partition coefficient (Wildman–Crippen LogP) is 5.14. The first-order valence-corrected chi connectivity index (χ1v) is 9.40. The molecule has 2 aromatic rings. The van der Waals surface area contributed by atoms with Crippen molar-refractivity contribution in [1.29, 1.82) is 0 Å². The van der Waals surface area contributed by atoms with Crippen LogP contribution in [0.4, 0.5) is 0 Å². The largest absolute Gasteiger partial charge is 0.493 e. The van der Waals surface area contributed by atoms with E-state index in [1.807, 2.05) is 43.3 Å². The van der Waals surface area contributed by atoms with Crippen LogP contribution in [-0.4, -0.2) is 21.7 Å². The molecule has 3 rings (SSSR count). The summed E-state index contributed by atoms with van der Waals surface area (Å²) >= 11 is 12.8. The molecule has 25 heavy (non-hydrogen) atoms. The molecule has 6 heteroatoms. The zero-order valence-corrected chi connectivity index (χ0v) is 16.0. The average molecular weight is 390 g/mol. The molecule has 1 saturated heterocycles. The molecule has 1 aliphatic rings. The van der Waals surface area contributed by atoms with E-state index in [2.05, 4.69) is 0 Å². The number of ether oxygens (including phenoxy) is 1. The maximum atomic E-state index is 12.8. The second kappa shape index (κ2) is 8.04. The molecular formula is C19H16ClNO2S2. The third-order valence-electron chi connectivity index (χ3n) is 3.62.